The predicted octanol–water partition coefficient (Wildman–Crippen LogP) is 3.01. The highest BCUT2D eigenvalue weighted by Crippen LogP contribution is 2.24. The van der Waals surface area contributed by atoms with Gasteiger partial charge in [0.05, 0.1) is 17.3 Å². The number of nitriles is 1. The molecule has 1 aromatic carbocycles. The normalized spacial score (nSPS) is 12.2. The molecule has 10 heteroatoms. The minimum absolute atomic E-state index is 0.0433. The van der Waals surface area contributed by atoms with Crippen molar-refractivity contribution in [3.8, 4) is 29.7 Å². The van der Waals surface area contributed by atoms with E-state index in [1.54, 1.807) is 18.3 Å². The maximum Gasteiger partial charge on any atom is 0.420 e. The van der Waals surface area contributed by atoms with Crippen molar-refractivity contribution in [2.24, 2.45) is 0 Å². The van der Waals surface area contributed by atoms with Crippen molar-refractivity contribution in [2.75, 3.05) is 0 Å². The summed E-state index contributed by atoms with van der Waals surface area (Å²) < 4.78 is 53.7. The Balaban J connectivity index is 2.09. The number of benzene rings is 1. The first-order valence-electron chi connectivity index (χ1n) is 8.03. The zero-order valence-corrected chi connectivity index (χ0v) is 14.8. The first-order valence-corrected chi connectivity index (χ1v) is 8.03. The predicted molar refractivity (Wildman–Crippen MR) is 94.0 cm³/mol. The molecule has 0 aliphatic heterocycles. The first-order chi connectivity index (χ1) is 13.6. The van der Waals surface area contributed by atoms with Gasteiger partial charge < -0.3 is 5.32 Å². The number of terminal acetylenes is 1. The number of imidazole rings is 1. The quantitative estimate of drug-likeness (QED) is 0.540. The number of nitrogens with zero attached hydrogens (tertiary/aromatic N) is 4. The summed E-state index contributed by atoms with van der Waals surface area (Å²) >= 11 is 0. The summed E-state index contributed by atoms with van der Waals surface area (Å²) in [4.78, 5) is 20.4. The Kier molecular flexibility index (Phi) is 4.95. The minimum atomic E-state index is -4.83. The van der Waals surface area contributed by atoms with Gasteiger partial charge in [-0.3, -0.25) is 9.20 Å². The smallest absolute Gasteiger partial charge is 0.329 e. The summed E-state index contributed by atoms with van der Waals surface area (Å²) in [6, 6.07) is 4.48. The number of aryl methyl sites for hydroxylation is 1. The van der Waals surface area contributed by atoms with Gasteiger partial charge in [0.2, 0.25) is 0 Å². The van der Waals surface area contributed by atoms with E-state index in [1.807, 2.05) is 6.07 Å². The molecule has 0 aliphatic carbocycles. The number of nitrogens with one attached hydrogen (secondary N) is 1. The van der Waals surface area contributed by atoms with E-state index in [0.29, 0.717) is 5.69 Å². The van der Waals surface area contributed by atoms with E-state index in [-0.39, 0.29) is 28.2 Å². The molecule has 0 bridgehead atoms. The zero-order valence-electron chi connectivity index (χ0n) is 14.8. The lowest BCUT2D eigenvalue weighted by molar-refractivity contribution is -0.140. The molecule has 0 saturated heterocycles. The van der Waals surface area contributed by atoms with Crippen LogP contribution in [0.2, 0.25) is 0 Å². The van der Waals surface area contributed by atoms with Crippen LogP contribution in [0.5, 0.6) is 0 Å². The van der Waals surface area contributed by atoms with E-state index in [0.717, 1.165) is 12.1 Å². The fourth-order valence-electron chi connectivity index (χ4n) is 2.65. The van der Waals surface area contributed by atoms with E-state index >= 15 is 0 Å². The molecule has 1 unspecified atom stereocenters. The molecule has 2 aromatic heterocycles. The van der Waals surface area contributed by atoms with Gasteiger partial charge in [0.1, 0.15) is 12.1 Å². The standard InChI is InChI=1S/C19H11F4N5O/c1-3-15(19(21,22)23)27-18(29)16-17-26-14(4-10(2)28(17)9-25-16)12-5-11(8-24)6-13(20)7-12/h1,4-7,9,15H,2H3,(H,27,29). The average Bonchev–Trinajstić information content (AvgIpc) is 3.09. The molecule has 0 radical (unpaired) electrons. The number of amides is 1. The summed E-state index contributed by atoms with van der Waals surface area (Å²) in [6.45, 7) is 1.64. The highest BCUT2D eigenvalue weighted by atomic mass is 19.4. The Morgan fingerprint density at radius 1 is 1.31 bits per heavy atom. The lowest BCUT2D eigenvalue weighted by atomic mass is 10.1. The number of aromatic nitrogens is 3. The summed E-state index contributed by atoms with van der Waals surface area (Å²) in [7, 11) is 0. The van der Waals surface area contributed by atoms with E-state index in [2.05, 4.69) is 9.97 Å². The van der Waals surface area contributed by atoms with Gasteiger partial charge in [-0.2, -0.15) is 18.4 Å². The maximum absolute atomic E-state index is 13.8. The molecule has 1 atom stereocenters. The van der Waals surface area contributed by atoms with Crippen molar-refractivity contribution in [3.63, 3.8) is 0 Å². The van der Waals surface area contributed by atoms with E-state index in [4.69, 9.17) is 11.7 Å². The van der Waals surface area contributed by atoms with Crippen molar-refractivity contribution >= 4 is 11.6 Å². The van der Waals surface area contributed by atoms with Crippen LogP contribution in [0.25, 0.3) is 16.9 Å². The topological polar surface area (TPSA) is 83.1 Å². The van der Waals surface area contributed by atoms with Crippen LogP contribution < -0.4 is 5.32 Å². The lowest BCUT2D eigenvalue weighted by Crippen LogP contribution is -2.44. The summed E-state index contributed by atoms with van der Waals surface area (Å²) in [5, 5.41) is 10.7. The van der Waals surface area contributed by atoms with Gasteiger partial charge in [-0.15, -0.1) is 6.42 Å². The molecule has 3 aromatic rings. The van der Waals surface area contributed by atoms with E-state index in [1.165, 1.54) is 22.7 Å². The fraction of sp³-hybridized carbons (Fsp3) is 0.158. The monoisotopic (exact) mass is 401 g/mol. The Bertz CT molecular complexity index is 1200. The molecule has 0 saturated carbocycles. The molecule has 2 heterocycles. The Morgan fingerprint density at radius 3 is 2.66 bits per heavy atom. The van der Waals surface area contributed by atoms with Gasteiger partial charge in [-0.1, -0.05) is 5.92 Å². The van der Waals surface area contributed by atoms with E-state index < -0.39 is 23.9 Å². The van der Waals surface area contributed by atoms with Crippen molar-refractivity contribution in [1.29, 1.82) is 5.26 Å². The van der Waals surface area contributed by atoms with Crippen LogP contribution >= 0.6 is 0 Å². The minimum Gasteiger partial charge on any atom is -0.329 e. The van der Waals surface area contributed by atoms with Gasteiger partial charge in [-0.05, 0) is 31.2 Å². The number of halogens is 4. The van der Waals surface area contributed by atoms with Crippen LogP contribution in [0.1, 0.15) is 21.7 Å². The SMILES string of the molecule is C#CC(NC(=O)c1ncn2c(C)cc(-c3cc(F)cc(C#N)c3)nc12)C(F)(F)F. The molecule has 1 N–H and O–H groups in total. The summed E-state index contributed by atoms with van der Waals surface area (Å²) in [5.74, 6) is -0.353. The summed E-state index contributed by atoms with van der Waals surface area (Å²) in [6.07, 6.45) is 1.24. The summed E-state index contributed by atoms with van der Waals surface area (Å²) in [5.41, 5.74) is 0.646. The van der Waals surface area contributed by atoms with Crippen molar-refractivity contribution < 1.29 is 22.4 Å². The van der Waals surface area contributed by atoms with Gasteiger partial charge in [0.25, 0.3) is 5.91 Å². The highest BCUT2D eigenvalue weighted by molar-refractivity contribution is 5.98. The number of carbonyl (C=O) groups is 1. The van der Waals surface area contributed by atoms with Crippen molar-refractivity contribution in [3.05, 3.63) is 53.4 Å². The van der Waals surface area contributed by atoms with Crippen LogP contribution in [0.15, 0.2) is 30.6 Å². The molecule has 3 rings (SSSR count). The third-order valence-corrected chi connectivity index (χ3v) is 4.00. The van der Waals surface area contributed by atoms with Crippen molar-refractivity contribution in [2.45, 2.75) is 19.1 Å². The van der Waals surface area contributed by atoms with E-state index in [9.17, 15) is 22.4 Å². The number of carbonyl (C=O) groups excluding carboxylic acids is 1. The van der Waals surface area contributed by atoms with Gasteiger partial charge in [0, 0.05) is 11.3 Å². The first kappa shape index (κ1) is 19.8. The van der Waals surface area contributed by atoms with Gasteiger partial charge in [-0.25, -0.2) is 14.4 Å². The third kappa shape index (κ3) is 3.87. The molecule has 29 heavy (non-hydrogen) atoms. The molecule has 0 aliphatic rings. The molecule has 146 valence electrons. The van der Waals surface area contributed by atoms with Crippen LogP contribution in [0.3, 0.4) is 0 Å². The second-order valence-electron chi connectivity index (χ2n) is 6.02. The Morgan fingerprint density at radius 2 is 2.03 bits per heavy atom. The second kappa shape index (κ2) is 7.24. The number of fused-ring (bicyclic) bond motifs is 1. The molecular weight excluding hydrogens is 390 g/mol. The molecular formula is C19H11F4N5O. The second-order valence-corrected chi connectivity index (χ2v) is 6.02. The fourth-order valence-corrected chi connectivity index (χ4v) is 2.65. The van der Waals surface area contributed by atoms with Crippen LogP contribution in [-0.4, -0.2) is 32.5 Å². The average molecular weight is 401 g/mol. The maximum atomic E-state index is 13.8. The Labute approximate surface area is 161 Å². The molecule has 1 amide bonds. The number of hydrogen-bond donors (Lipinski definition) is 1. The number of hydrogen-bond acceptors (Lipinski definition) is 4. The van der Waals surface area contributed by atoms with Gasteiger partial charge in [0.15, 0.2) is 17.4 Å². The van der Waals surface area contributed by atoms with Crippen LogP contribution in [0, 0.1) is 36.4 Å². The molecule has 0 spiro atoms. The van der Waals surface area contributed by atoms with Crippen LogP contribution in [-0.2, 0) is 0 Å². The number of alkyl halides is 3. The molecule has 6 nitrogen and oxygen atoms in total. The van der Waals surface area contributed by atoms with Crippen molar-refractivity contribution in [1.82, 2.24) is 19.7 Å². The number of rotatable bonds is 3. The van der Waals surface area contributed by atoms with Gasteiger partial charge >= 0.3 is 6.18 Å². The third-order valence-electron chi connectivity index (χ3n) is 4.00. The largest absolute Gasteiger partial charge is 0.420 e. The highest BCUT2D eigenvalue weighted by Gasteiger charge is 2.40. The Hall–Kier alpha value is -3.92. The molecule has 0 fully saturated rings. The zero-order chi connectivity index (χ0) is 21.3. The lowest BCUT2D eigenvalue weighted by Gasteiger charge is -2.15. The van der Waals surface area contributed by atoms with Crippen LogP contribution in [0.4, 0.5) is 17.6 Å².